The second-order valence-electron chi connectivity index (χ2n) is 3.88. The fraction of sp³-hybridized carbons (Fsp3) is 0.231. The van der Waals surface area contributed by atoms with E-state index in [9.17, 15) is 4.79 Å². The van der Waals surface area contributed by atoms with Gasteiger partial charge in [0.15, 0.2) is 0 Å². The minimum absolute atomic E-state index is 0.148. The van der Waals surface area contributed by atoms with Crippen molar-refractivity contribution in [3.05, 3.63) is 47.9 Å². The number of rotatable bonds is 5. The molecule has 1 amide bonds. The minimum atomic E-state index is -0.148. The number of hydrogen-bond donors (Lipinski definition) is 2. The van der Waals surface area contributed by atoms with Gasteiger partial charge in [-0.2, -0.15) is 0 Å². The number of carbonyl (C=O) groups excluding carboxylic acids is 1. The third-order valence-corrected chi connectivity index (χ3v) is 2.60. The molecule has 0 aliphatic heterocycles. The Morgan fingerprint density at radius 1 is 1.39 bits per heavy atom. The van der Waals surface area contributed by atoms with Crippen LogP contribution in [0.5, 0.6) is 0 Å². The number of nitrogens with zero attached hydrogens (tertiary/aromatic N) is 1. The average molecular weight is 245 g/mol. The SMILES string of the molecule is CNCCc1ccccc1C(=O)Nc1cnoc1. The van der Waals surface area contributed by atoms with Crippen molar-refractivity contribution < 1.29 is 9.32 Å². The Kier molecular flexibility index (Phi) is 4.09. The molecule has 0 spiro atoms. The van der Waals surface area contributed by atoms with Gasteiger partial charge in [0.2, 0.25) is 0 Å². The Hall–Kier alpha value is -2.14. The lowest BCUT2D eigenvalue weighted by atomic mass is 10.0. The molecule has 0 saturated heterocycles. The quantitative estimate of drug-likeness (QED) is 0.841. The van der Waals surface area contributed by atoms with Crippen molar-refractivity contribution in [1.29, 1.82) is 0 Å². The first-order valence-corrected chi connectivity index (χ1v) is 5.74. The van der Waals surface area contributed by atoms with Crippen LogP contribution in [0.2, 0.25) is 0 Å². The number of carbonyl (C=O) groups is 1. The Balaban J connectivity index is 2.13. The van der Waals surface area contributed by atoms with E-state index in [1.54, 1.807) is 0 Å². The van der Waals surface area contributed by atoms with Crippen LogP contribution in [-0.4, -0.2) is 24.7 Å². The van der Waals surface area contributed by atoms with Gasteiger partial charge < -0.3 is 15.2 Å². The molecule has 5 heteroatoms. The molecule has 0 atom stereocenters. The predicted molar refractivity (Wildman–Crippen MR) is 68.5 cm³/mol. The van der Waals surface area contributed by atoms with Crippen LogP contribution in [0.1, 0.15) is 15.9 Å². The number of hydrogen-bond acceptors (Lipinski definition) is 4. The van der Waals surface area contributed by atoms with E-state index in [4.69, 9.17) is 0 Å². The van der Waals surface area contributed by atoms with E-state index in [0.29, 0.717) is 11.3 Å². The van der Waals surface area contributed by atoms with Gasteiger partial charge in [-0.15, -0.1) is 0 Å². The molecule has 0 radical (unpaired) electrons. The van der Waals surface area contributed by atoms with E-state index < -0.39 is 0 Å². The van der Waals surface area contributed by atoms with E-state index in [1.165, 1.54) is 12.5 Å². The molecule has 0 unspecified atom stereocenters. The molecule has 1 aromatic heterocycles. The monoisotopic (exact) mass is 245 g/mol. The summed E-state index contributed by atoms with van der Waals surface area (Å²) in [7, 11) is 1.89. The first kappa shape index (κ1) is 12.3. The molecule has 2 aromatic rings. The van der Waals surface area contributed by atoms with Gasteiger partial charge >= 0.3 is 0 Å². The first-order chi connectivity index (χ1) is 8.81. The van der Waals surface area contributed by atoms with Gasteiger partial charge in [-0.05, 0) is 31.6 Å². The Morgan fingerprint density at radius 2 is 2.22 bits per heavy atom. The molecule has 94 valence electrons. The Morgan fingerprint density at radius 3 is 2.94 bits per heavy atom. The van der Waals surface area contributed by atoms with Crippen LogP contribution >= 0.6 is 0 Å². The summed E-state index contributed by atoms with van der Waals surface area (Å²) >= 11 is 0. The van der Waals surface area contributed by atoms with Crippen molar-refractivity contribution in [1.82, 2.24) is 10.5 Å². The Bertz CT molecular complexity index is 509. The molecule has 0 aliphatic carbocycles. The minimum Gasteiger partial charge on any atom is -0.363 e. The molecular weight excluding hydrogens is 230 g/mol. The lowest BCUT2D eigenvalue weighted by Crippen LogP contribution is -2.17. The number of likely N-dealkylation sites (N-methyl/N-ethyl adjacent to an activating group) is 1. The van der Waals surface area contributed by atoms with Crippen molar-refractivity contribution in [2.75, 3.05) is 18.9 Å². The van der Waals surface area contributed by atoms with Gasteiger partial charge in [0, 0.05) is 5.56 Å². The molecule has 0 saturated carbocycles. The maximum absolute atomic E-state index is 12.1. The fourth-order valence-electron chi connectivity index (χ4n) is 1.68. The van der Waals surface area contributed by atoms with Crippen LogP contribution in [0, 0.1) is 0 Å². The van der Waals surface area contributed by atoms with E-state index in [1.807, 2.05) is 31.3 Å². The second kappa shape index (κ2) is 5.97. The van der Waals surface area contributed by atoms with E-state index in [2.05, 4.69) is 20.3 Å². The highest BCUT2D eigenvalue weighted by atomic mass is 16.5. The highest BCUT2D eigenvalue weighted by Gasteiger charge is 2.11. The summed E-state index contributed by atoms with van der Waals surface area (Å²) in [6.07, 6.45) is 3.67. The summed E-state index contributed by atoms with van der Waals surface area (Å²) < 4.78 is 4.67. The molecule has 1 heterocycles. The smallest absolute Gasteiger partial charge is 0.256 e. The lowest BCUT2D eigenvalue weighted by Gasteiger charge is -2.08. The molecule has 2 N–H and O–H groups in total. The molecule has 5 nitrogen and oxygen atoms in total. The summed E-state index contributed by atoms with van der Waals surface area (Å²) in [4.78, 5) is 12.1. The zero-order chi connectivity index (χ0) is 12.8. The molecule has 1 aromatic carbocycles. The lowest BCUT2D eigenvalue weighted by molar-refractivity contribution is 0.102. The topological polar surface area (TPSA) is 67.2 Å². The normalized spacial score (nSPS) is 10.3. The summed E-state index contributed by atoms with van der Waals surface area (Å²) in [6, 6.07) is 7.56. The maximum Gasteiger partial charge on any atom is 0.256 e. The fourth-order valence-corrected chi connectivity index (χ4v) is 1.68. The van der Waals surface area contributed by atoms with E-state index >= 15 is 0 Å². The number of benzene rings is 1. The molecular formula is C13H15N3O2. The third-order valence-electron chi connectivity index (χ3n) is 2.60. The zero-order valence-corrected chi connectivity index (χ0v) is 10.1. The zero-order valence-electron chi connectivity index (χ0n) is 10.1. The van der Waals surface area contributed by atoms with Crippen LogP contribution in [0.15, 0.2) is 41.2 Å². The van der Waals surface area contributed by atoms with E-state index in [0.717, 1.165) is 18.5 Å². The predicted octanol–water partition coefficient (Wildman–Crippen LogP) is 1.69. The summed E-state index contributed by atoms with van der Waals surface area (Å²) in [6.45, 7) is 0.831. The van der Waals surface area contributed by atoms with Crippen LogP contribution in [0.4, 0.5) is 5.69 Å². The van der Waals surface area contributed by atoms with Crippen molar-refractivity contribution in [2.24, 2.45) is 0 Å². The largest absolute Gasteiger partial charge is 0.363 e. The van der Waals surface area contributed by atoms with Gasteiger partial charge in [-0.3, -0.25) is 4.79 Å². The van der Waals surface area contributed by atoms with Crippen LogP contribution in [-0.2, 0) is 6.42 Å². The highest BCUT2D eigenvalue weighted by Crippen LogP contribution is 2.12. The highest BCUT2D eigenvalue weighted by molar-refractivity contribution is 6.05. The van der Waals surface area contributed by atoms with Gasteiger partial charge in [0.25, 0.3) is 5.91 Å². The second-order valence-corrected chi connectivity index (χ2v) is 3.88. The van der Waals surface area contributed by atoms with Crippen LogP contribution in [0.25, 0.3) is 0 Å². The summed E-state index contributed by atoms with van der Waals surface area (Å²) in [5.41, 5.74) is 2.25. The van der Waals surface area contributed by atoms with Gasteiger partial charge in [0.05, 0.1) is 6.20 Å². The number of nitrogens with one attached hydrogen (secondary N) is 2. The Labute approximate surface area is 105 Å². The number of amides is 1. The van der Waals surface area contributed by atoms with Crippen molar-refractivity contribution in [2.45, 2.75) is 6.42 Å². The van der Waals surface area contributed by atoms with Crippen molar-refractivity contribution in [3.63, 3.8) is 0 Å². The standard InChI is InChI=1S/C13H15N3O2/c1-14-7-6-10-4-2-3-5-12(10)13(17)16-11-8-15-18-9-11/h2-5,8-9,14H,6-7H2,1H3,(H,16,17). The number of aromatic nitrogens is 1. The van der Waals surface area contributed by atoms with Crippen molar-refractivity contribution >= 4 is 11.6 Å². The van der Waals surface area contributed by atoms with Gasteiger partial charge in [-0.25, -0.2) is 0 Å². The molecule has 2 rings (SSSR count). The number of anilines is 1. The summed E-state index contributed by atoms with van der Waals surface area (Å²) in [5, 5.41) is 9.35. The molecule has 0 fully saturated rings. The van der Waals surface area contributed by atoms with Crippen molar-refractivity contribution in [3.8, 4) is 0 Å². The van der Waals surface area contributed by atoms with Gasteiger partial charge in [0.1, 0.15) is 12.0 Å². The van der Waals surface area contributed by atoms with Crippen LogP contribution < -0.4 is 10.6 Å². The third kappa shape index (κ3) is 2.95. The summed E-state index contributed by atoms with van der Waals surface area (Å²) in [5.74, 6) is -0.148. The maximum atomic E-state index is 12.1. The van der Waals surface area contributed by atoms with Crippen LogP contribution in [0.3, 0.4) is 0 Å². The average Bonchev–Trinajstić information content (AvgIpc) is 2.89. The molecule has 18 heavy (non-hydrogen) atoms. The first-order valence-electron chi connectivity index (χ1n) is 5.74. The van der Waals surface area contributed by atoms with Gasteiger partial charge in [-0.1, -0.05) is 23.4 Å². The molecule has 0 bridgehead atoms. The van der Waals surface area contributed by atoms with E-state index in [-0.39, 0.29) is 5.91 Å². The molecule has 0 aliphatic rings.